The quantitative estimate of drug-likeness (QED) is 0.746. The number of phenolic OH excluding ortho intramolecular Hbond substituents is 1. The highest BCUT2D eigenvalue weighted by atomic mass is 19.4. The van der Waals surface area contributed by atoms with Gasteiger partial charge in [-0.15, -0.1) is 0 Å². The lowest BCUT2D eigenvalue weighted by Crippen LogP contribution is -2.20. The summed E-state index contributed by atoms with van der Waals surface area (Å²) >= 11 is 0. The maximum absolute atomic E-state index is 12.6. The maximum Gasteiger partial charge on any atom is 0.416 e. The molecule has 0 aliphatic rings. The Kier molecular flexibility index (Phi) is 3.77. The Bertz CT molecular complexity index is 366. The number of alkyl halides is 3. The largest absolute Gasteiger partial charge is 0.508 e. The molecular formula is C10H12F3NO2. The molecule has 0 spiro atoms. The first-order chi connectivity index (χ1) is 7.38. The standard InChI is InChI=1S/C10H12F3NO2/c1-14-5-8(16)9-6(10(11,12)13)3-2-4-7(9)15/h2-4,8,14-16H,5H2,1H3. The van der Waals surface area contributed by atoms with Gasteiger partial charge in [-0.1, -0.05) is 6.07 Å². The van der Waals surface area contributed by atoms with Gasteiger partial charge >= 0.3 is 6.18 Å². The fourth-order valence-electron chi connectivity index (χ4n) is 1.45. The molecule has 0 amide bonds. The van der Waals surface area contributed by atoms with Gasteiger partial charge in [0, 0.05) is 12.1 Å². The number of halogens is 3. The Hall–Kier alpha value is -1.27. The molecule has 3 nitrogen and oxygen atoms in total. The van der Waals surface area contributed by atoms with Crippen LogP contribution in [0.2, 0.25) is 0 Å². The van der Waals surface area contributed by atoms with Crippen LogP contribution in [-0.2, 0) is 6.18 Å². The highest BCUT2D eigenvalue weighted by molar-refractivity contribution is 5.42. The van der Waals surface area contributed by atoms with E-state index >= 15 is 0 Å². The molecule has 1 aromatic rings. The molecule has 0 fully saturated rings. The van der Waals surface area contributed by atoms with Gasteiger partial charge in [0.15, 0.2) is 0 Å². The van der Waals surface area contributed by atoms with Gasteiger partial charge in [-0.05, 0) is 19.2 Å². The van der Waals surface area contributed by atoms with E-state index in [1.165, 1.54) is 7.05 Å². The zero-order valence-corrected chi connectivity index (χ0v) is 8.54. The molecule has 16 heavy (non-hydrogen) atoms. The van der Waals surface area contributed by atoms with Crippen molar-refractivity contribution in [2.45, 2.75) is 12.3 Å². The number of hydrogen-bond donors (Lipinski definition) is 3. The van der Waals surface area contributed by atoms with Crippen LogP contribution in [0.25, 0.3) is 0 Å². The first kappa shape index (κ1) is 12.8. The van der Waals surface area contributed by atoms with Crippen LogP contribution in [0.15, 0.2) is 18.2 Å². The van der Waals surface area contributed by atoms with Crippen LogP contribution in [0, 0.1) is 0 Å². The van der Waals surface area contributed by atoms with Gasteiger partial charge < -0.3 is 15.5 Å². The second-order valence-corrected chi connectivity index (χ2v) is 3.31. The maximum atomic E-state index is 12.6. The first-order valence-electron chi connectivity index (χ1n) is 4.59. The predicted octanol–water partition coefficient (Wildman–Crippen LogP) is 1.66. The Morgan fingerprint density at radius 2 is 2.00 bits per heavy atom. The van der Waals surface area contributed by atoms with Crippen molar-refractivity contribution in [3.8, 4) is 5.75 Å². The number of nitrogens with one attached hydrogen (secondary N) is 1. The van der Waals surface area contributed by atoms with Crippen molar-refractivity contribution < 1.29 is 23.4 Å². The van der Waals surface area contributed by atoms with Gasteiger partial charge in [-0.2, -0.15) is 13.2 Å². The molecule has 0 saturated heterocycles. The molecule has 90 valence electrons. The summed E-state index contributed by atoms with van der Waals surface area (Å²) < 4.78 is 37.8. The summed E-state index contributed by atoms with van der Waals surface area (Å²) in [5, 5.41) is 21.4. The summed E-state index contributed by atoms with van der Waals surface area (Å²) in [4.78, 5) is 0. The minimum absolute atomic E-state index is 0.0688. The Morgan fingerprint density at radius 3 is 2.50 bits per heavy atom. The minimum atomic E-state index is -4.59. The van der Waals surface area contributed by atoms with E-state index in [-0.39, 0.29) is 6.54 Å². The molecule has 0 bridgehead atoms. The summed E-state index contributed by atoms with van der Waals surface area (Å²) in [5.41, 5.74) is -1.51. The van der Waals surface area contributed by atoms with Crippen LogP contribution < -0.4 is 5.32 Å². The summed E-state index contributed by atoms with van der Waals surface area (Å²) in [6, 6.07) is 3.03. The van der Waals surface area contributed by atoms with E-state index in [0.717, 1.165) is 18.2 Å². The third kappa shape index (κ3) is 2.65. The van der Waals surface area contributed by atoms with Gasteiger partial charge in [0.25, 0.3) is 0 Å². The van der Waals surface area contributed by atoms with E-state index in [2.05, 4.69) is 5.32 Å². The van der Waals surface area contributed by atoms with Crippen LogP contribution in [0.1, 0.15) is 17.2 Å². The number of aliphatic hydroxyl groups is 1. The minimum Gasteiger partial charge on any atom is -0.508 e. The summed E-state index contributed by atoms with van der Waals surface area (Å²) in [6.45, 7) is -0.0688. The number of aliphatic hydroxyl groups excluding tert-OH is 1. The molecule has 0 aromatic heterocycles. The van der Waals surface area contributed by atoms with Gasteiger partial charge in [0.05, 0.1) is 11.7 Å². The third-order valence-electron chi connectivity index (χ3n) is 2.12. The van der Waals surface area contributed by atoms with Crippen LogP contribution in [0.3, 0.4) is 0 Å². The van der Waals surface area contributed by atoms with Crippen molar-refractivity contribution in [3.63, 3.8) is 0 Å². The Morgan fingerprint density at radius 1 is 1.38 bits per heavy atom. The molecular weight excluding hydrogens is 223 g/mol. The number of rotatable bonds is 3. The van der Waals surface area contributed by atoms with Crippen LogP contribution >= 0.6 is 0 Å². The third-order valence-corrected chi connectivity index (χ3v) is 2.12. The molecule has 1 atom stereocenters. The van der Waals surface area contributed by atoms with E-state index in [0.29, 0.717) is 0 Å². The first-order valence-corrected chi connectivity index (χ1v) is 4.59. The SMILES string of the molecule is CNCC(O)c1c(O)cccc1C(F)(F)F. The van der Waals surface area contributed by atoms with E-state index in [4.69, 9.17) is 0 Å². The van der Waals surface area contributed by atoms with Crippen molar-refractivity contribution in [1.29, 1.82) is 0 Å². The normalized spacial score (nSPS) is 13.8. The second-order valence-electron chi connectivity index (χ2n) is 3.31. The second kappa shape index (κ2) is 4.71. The smallest absolute Gasteiger partial charge is 0.416 e. The molecule has 1 unspecified atom stereocenters. The lowest BCUT2D eigenvalue weighted by Gasteiger charge is -2.18. The highest BCUT2D eigenvalue weighted by Gasteiger charge is 2.36. The molecule has 3 N–H and O–H groups in total. The van der Waals surface area contributed by atoms with E-state index in [1.54, 1.807) is 0 Å². The van der Waals surface area contributed by atoms with Crippen molar-refractivity contribution in [1.82, 2.24) is 5.32 Å². The van der Waals surface area contributed by atoms with E-state index in [9.17, 15) is 23.4 Å². The lowest BCUT2D eigenvalue weighted by molar-refractivity contribution is -0.139. The predicted molar refractivity (Wildman–Crippen MR) is 52.0 cm³/mol. The summed E-state index contributed by atoms with van der Waals surface area (Å²) in [5.74, 6) is -0.558. The van der Waals surface area contributed by atoms with Crippen molar-refractivity contribution in [2.24, 2.45) is 0 Å². The lowest BCUT2D eigenvalue weighted by atomic mass is 10.0. The number of likely N-dealkylation sites (N-methyl/N-ethyl adjacent to an activating group) is 1. The fraction of sp³-hybridized carbons (Fsp3) is 0.400. The molecule has 0 saturated carbocycles. The Labute approximate surface area is 90.5 Å². The number of aromatic hydroxyl groups is 1. The van der Waals surface area contributed by atoms with Crippen LogP contribution in [0.4, 0.5) is 13.2 Å². The molecule has 6 heteroatoms. The molecule has 1 rings (SSSR count). The molecule has 0 aliphatic carbocycles. The monoisotopic (exact) mass is 235 g/mol. The van der Waals surface area contributed by atoms with Crippen LogP contribution in [0.5, 0.6) is 5.75 Å². The summed E-state index contributed by atoms with van der Waals surface area (Å²) in [7, 11) is 1.50. The number of phenols is 1. The molecule has 1 aromatic carbocycles. The number of benzene rings is 1. The van der Waals surface area contributed by atoms with Crippen molar-refractivity contribution in [2.75, 3.05) is 13.6 Å². The van der Waals surface area contributed by atoms with E-state index in [1.807, 2.05) is 0 Å². The average Bonchev–Trinajstić information content (AvgIpc) is 2.16. The van der Waals surface area contributed by atoms with Gasteiger partial charge in [-0.25, -0.2) is 0 Å². The zero-order chi connectivity index (χ0) is 12.3. The van der Waals surface area contributed by atoms with E-state index < -0.39 is 29.2 Å². The highest BCUT2D eigenvalue weighted by Crippen LogP contribution is 2.38. The van der Waals surface area contributed by atoms with Gasteiger partial charge in [-0.3, -0.25) is 0 Å². The molecule has 0 heterocycles. The Balaban J connectivity index is 3.24. The average molecular weight is 235 g/mol. The topological polar surface area (TPSA) is 52.5 Å². The van der Waals surface area contributed by atoms with Gasteiger partial charge in [0.1, 0.15) is 5.75 Å². The van der Waals surface area contributed by atoms with Gasteiger partial charge in [0.2, 0.25) is 0 Å². The number of hydrogen-bond acceptors (Lipinski definition) is 3. The van der Waals surface area contributed by atoms with Crippen molar-refractivity contribution in [3.05, 3.63) is 29.3 Å². The molecule has 0 radical (unpaired) electrons. The van der Waals surface area contributed by atoms with Crippen LogP contribution in [-0.4, -0.2) is 23.8 Å². The summed E-state index contributed by atoms with van der Waals surface area (Å²) in [6.07, 6.45) is -5.99. The zero-order valence-electron chi connectivity index (χ0n) is 8.54. The fourth-order valence-corrected chi connectivity index (χ4v) is 1.45. The molecule has 0 aliphatic heterocycles. The van der Waals surface area contributed by atoms with Crippen molar-refractivity contribution >= 4 is 0 Å².